The predicted octanol–water partition coefficient (Wildman–Crippen LogP) is 1.74. The van der Waals surface area contributed by atoms with Crippen LogP contribution in [-0.2, 0) is 0 Å². The van der Waals surface area contributed by atoms with Crippen molar-refractivity contribution in [2.24, 2.45) is 5.92 Å². The second-order valence-electron chi connectivity index (χ2n) is 3.32. The van der Waals surface area contributed by atoms with Crippen molar-refractivity contribution >= 4 is 0 Å². The highest BCUT2D eigenvalue weighted by Gasteiger charge is 2.25. The van der Waals surface area contributed by atoms with E-state index >= 15 is 0 Å². The summed E-state index contributed by atoms with van der Waals surface area (Å²) >= 11 is 0. The zero-order chi connectivity index (χ0) is 6.85. The van der Waals surface area contributed by atoms with E-state index in [9.17, 15) is 0 Å². The Bertz CT molecular complexity index is 84.6. The zero-order valence-corrected chi connectivity index (χ0v) is 6.72. The molecule has 0 aliphatic carbocycles. The van der Waals surface area contributed by atoms with Gasteiger partial charge in [0, 0.05) is 19.1 Å². The first kappa shape index (κ1) is 7.07. The van der Waals surface area contributed by atoms with Crippen LogP contribution >= 0.6 is 0 Å². The molecule has 1 saturated heterocycles. The first-order valence-electron chi connectivity index (χ1n) is 3.98. The summed E-state index contributed by atoms with van der Waals surface area (Å²) in [6.45, 7) is 9.54. The van der Waals surface area contributed by atoms with E-state index in [1.54, 1.807) is 0 Å². The van der Waals surface area contributed by atoms with E-state index in [1.807, 2.05) is 0 Å². The third kappa shape index (κ3) is 1.45. The molecule has 0 aromatic carbocycles. The van der Waals surface area contributed by atoms with Crippen LogP contribution in [0.15, 0.2) is 0 Å². The minimum atomic E-state index is 0.821. The molecule has 0 saturated carbocycles. The van der Waals surface area contributed by atoms with E-state index in [4.69, 9.17) is 0 Å². The fourth-order valence-corrected chi connectivity index (χ4v) is 1.37. The molecule has 1 aliphatic heterocycles. The second-order valence-corrected chi connectivity index (χ2v) is 3.32. The summed E-state index contributed by atoms with van der Waals surface area (Å²) in [5.74, 6) is 0.957. The Morgan fingerprint density at radius 3 is 2.44 bits per heavy atom. The Morgan fingerprint density at radius 2 is 2.11 bits per heavy atom. The Balaban J connectivity index is 2.15. The van der Waals surface area contributed by atoms with Gasteiger partial charge in [0.15, 0.2) is 0 Å². The fourth-order valence-electron chi connectivity index (χ4n) is 1.37. The normalized spacial score (nSPS) is 25.7. The third-order valence-corrected chi connectivity index (χ3v) is 2.31. The second kappa shape index (κ2) is 2.70. The number of hydrogen-bond acceptors (Lipinski definition) is 1. The van der Waals surface area contributed by atoms with Crippen LogP contribution in [0.1, 0.15) is 27.2 Å². The quantitative estimate of drug-likeness (QED) is 0.546. The lowest BCUT2D eigenvalue weighted by atomic mass is 10.00. The van der Waals surface area contributed by atoms with E-state index in [-0.39, 0.29) is 0 Å². The summed E-state index contributed by atoms with van der Waals surface area (Å²) in [7, 11) is 0. The Hall–Kier alpha value is -0.0400. The largest absolute Gasteiger partial charge is 0.300 e. The van der Waals surface area contributed by atoms with Gasteiger partial charge >= 0.3 is 0 Å². The van der Waals surface area contributed by atoms with Crippen LogP contribution in [-0.4, -0.2) is 24.0 Å². The maximum Gasteiger partial charge on any atom is 0.00645 e. The first-order chi connectivity index (χ1) is 4.24. The molecule has 0 spiro atoms. The molecule has 1 fully saturated rings. The molecule has 0 bridgehead atoms. The van der Waals surface area contributed by atoms with Gasteiger partial charge in [-0.15, -0.1) is 0 Å². The van der Waals surface area contributed by atoms with Gasteiger partial charge in [-0.05, 0) is 19.3 Å². The van der Waals surface area contributed by atoms with Crippen molar-refractivity contribution in [1.29, 1.82) is 0 Å². The third-order valence-electron chi connectivity index (χ3n) is 2.31. The van der Waals surface area contributed by atoms with Crippen LogP contribution in [0.4, 0.5) is 0 Å². The minimum Gasteiger partial charge on any atom is -0.300 e. The smallest absolute Gasteiger partial charge is 0.00645 e. The number of hydrogen-bond donors (Lipinski definition) is 0. The molecule has 1 nitrogen and oxygen atoms in total. The van der Waals surface area contributed by atoms with Crippen molar-refractivity contribution in [2.75, 3.05) is 13.1 Å². The highest BCUT2D eigenvalue weighted by molar-refractivity contribution is 4.79. The lowest BCUT2D eigenvalue weighted by molar-refractivity contribution is 0.0688. The van der Waals surface area contributed by atoms with Crippen molar-refractivity contribution in [3.05, 3.63) is 0 Å². The van der Waals surface area contributed by atoms with Crippen LogP contribution in [0.25, 0.3) is 0 Å². The molecule has 54 valence electrons. The van der Waals surface area contributed by atoms with Crippen molar-refractivity contribution in [1.82, 2.24) is 4.90 Å². The number of likely N-dealkylation sites (tertiary alicyclic amines) is 1. The van der Waals surface area contributed by atoms with E-state index in [1.165, 1.54) is 19.5 Å². The summed E-state index contributed by atoms with van der Waals surface area (Å²) in [6.07, 6.45) is 1.30. The molecular weight excluding hydrogens is 110 g/mol. The SMILES string of the molecule is CCC(C)N1CC(C)C1. The van der Waals surface area contributed by atoms with Gasteiger partial charge in [-0.2, -0.15) is 0 Å². The lowest BCUT2D eigenvalue weighted by Gasteiger charge is -2.41. The van der Waals surface area contributed by atoms with E-state index in [0.29, 0.717) is 0 Å². The summed E-state index contributed by atoms with van der Waals surface area (Å²) in [4.78, 5) is 2.55. The van der Waals surface area contributed by atoms with Crippen LogP contribution in [0.3, 0.4) is 0 Å². The molecule has 1 heterocycles. The standard InChI is InChI=1S/C8H17N/c1-4-8(3)9-5-7(2)6-9/h7-8H,4-6H2,1-3H3. The maximum absolute atomic E-state index is 2.55. The molecule has 1 aliphatic rings. The highest BCUT2D eigenvalue weighted by atomic mass is 15.2. The van der Waals surface area contributed by atoms with Crippen LogP contribution in [0.5, 0.6) is 0 Å². The van der Waals surface area contributed by atoms with Gasteiger partial charge in [-0.25, -0.2) is 0 Å². The molecule has 0 radical (unpaired) electrons. The van der Waals surface area contributed by atoms with Gasteiger partial charge in [-0.3, -0.25) is 0 Å². The molecule has 1 rings (SSSR count). The van der Waals surface area contributed by atoms with Gasteiger partial charge in [-0.1, -0.05) is 13.8 Å². The van der Waals surface area contributed by atoms with Gasteiger partial charge in [0.05, 0.1) is 0 Å². The Kier molecular flexibility index (Phi) is 2.12. The molecular formula is C8H17N. The Morgan fingerprint density at radius 1 is 1.56 bits per heavy atom. The van der Waals surface area contributed by atoms with E-state index in [2.05, 4.69) is 25.7 Å². The van der Waals surface area contributed by atoms with Crippen molar-refractivity contribution in [3.63, 3.8) is 0 Å². The zero-order valence-electron chi connectivity index (χ0n) is 6.72. The summed E-state index contributed by atoms with van der Waals surface area (Å²) in [6, 6.07) is 0.821. The molecule has 1 unspecified atom stereocenters. The summed E-state index contributed by atoms with van der Waals surface area (Å²) in [5, 5.41) is 0. The van der Waals surface area contributed by atoms with E-state index < -0.39 is 0 Å². The molecule has 0 aromatic rings. The highest BCUT2D eigenvalue weighted by Crippen LogP contribution is 2.18. The predicted molar refractivity (Wildman–Crippen MR) is 40.5 cm³/mol. The minimum absolute atomic E-state index is 0.821. The fraction of sp³-hybridized carbons (Fsp3) is 1.00. The summed E-state index contributed by atoms with van der Waals surface area (Å²) < 4.78 is 0. The van der Waals surface area contributed by atoms with E-state index in [0.717, 1.165) is 12.0 Å². The van der Waals surface area contributed by atoms with Gasteiger partial charge in [0.1, 0.15) is 0 Å². The van der Waals surface area contributed by atoms with Crippen LogP contribution < -0.4 is 0 Å². The van der Waals surface area contributed by atoms with Crippen molar-refractivity contribution in [2.45, 2.75) is 33.2 Å². The molecule has 0 amide bonds. The lowest BCUT2D eigenvalue weighted by Crippen LogP contribution is -2.49. The molecule has 0 N–H and O–H groups in total. The molecule has 1 heteroatoms. The maximum atomic E-state index is 2.55. The summed E-state index contributed by atoms with van der Waals surface area (Å²) in [5.41, 5.74) is 0. The van der Waals surface area contributed by atoms with Gasteiger partial charge in [0.2, 0.25) is 0 Å². The first-order valence-corrected chi connectivity index (χ1v) is 3.98. The van der Waals surface area contributed by atoms with Crippen molar-refractivity contribution < 1.29 is 0 Å². The molecule has 0 aromatic heterocycles. The molecule has 1 atom stereocenters. The van der Waals surface area contributed by atoms with Crippen LogP contribution in [0.2, 0.25) is 0 Å². The van der Waals surface area contributed by atoms with Gasteiger partial charge < -0.3 is 4.90 Å². The average molecular weight is 127 g/mol. The van der Waals surface area contributed by atoms with Gasteiger partial charge in [0.25, 0.3) is 0 Å². The van der Waals surface area contributed by atoms with Crippen LogP contribution in [0, 0.1) is 5.92 Å². The number of rotatable bonds is 2. The Labute approximate surface area is 58.0 Å². The van der Waals surface area contributed by atoms with Crippen molar-refractivity contribution in [3.8, 4) is 0 Å². The number of nitrogens with zero attached hydrogens (tertiary/aromatic N) is 1. The molecule has 9 heavy (non-hydrogen) atoms. The topological polar surface area (TPSA) is 3.24 Å². The monoisotopic (exact) mass is 127 g/mol. The average Bonchev–Trinajstić information content (AvgIpc) is 1.79.